The molecule has 0 bridgehead atoms. The molecule has 0 aliphatic heterocycles. The Morgan fingerprint density at radius 2 is 1.80 bits per heavy atom. The molecule has 4 saturated carbocycles. The summed E-state index contributed by atoms with van der Waals surface area (Å²) in [5.74, 6) is 6.49. The highest BCUT2D eigenvalue weighted by molar-refractivity contribution is 5.69. The molecule has 0 heterocycles. The summed E-state index contributed by atoms with van der Waals surface area (Å²) in [6.45, 7) is 7.45. The number of ether oxygens (including phenoxy) is 1. The van der Waals surface area contributed by atoms with Gasteiger partial charge < -0.3 is 4.74 Å². The molecule has 4 rings (SSSR count). The second-order valence-corrected chi connectivity index (χ2v) is 10.2. The van der Waals surface area contributed by atoms with Crippen molar-refractivity contribution >= 4 is 5.97 Å². The lowest BCUT2D eigenvalue weighted by Gasteiger charge is -2.56. The van der Waals surface area contributed by atoms with Gasteiger partial charge in [-0.2, -0.15) is 0 Å². The van der Waals surface area contributed by atoms with E-state index < -0.39 is 0 Å². The van der Waals surface area contributed by atoms with Crippen molar-refractivity contribution in [3.05, 3.63) is 0 Å². The topological polar surface area (TPSA) is 26.3 Å². The van der Waals surface area contributed by atoms with Crippen LogP contribution in [0.3, 0.4) is 0 Å². The van der Waals surface area contributed by atoms with Gasteiger partial charge in [0.05, 0.1) is 6.61 Å². The molecular weight excluding hydrogens is 308 g/mol. The summed E-state index contributed by atoms with van der Waals surface area (Å²) in [6.07, 6.45) is 13.5. The summed E-state index contributed by atoms with van der Waals surface area (Å²) >= 11 is 0. The van der Waals surface area contributed by atoms with Crippen LogP contribution in [0.2, 0.25) is 0 Å². The van der Waals surface area contributed by atoms with Gasteiger partial charge in [0.25, 0.3) is 0 Å². The molecule has 0 saturated heterocycles. The lowest BCUT2D eigenvalue weighted by molar-refractivity contribution is -0.146. The summed E-state index contributed by atoms with van der Waals surface area (Å²) in [6, 6.07) is 0. The van der Waals surface area contributed by atoms with Crippen LogP contribution in [-0.2, 0) is 9.53 Å². The van der Waals surface area contributed by atoms with Crippen molar-refractivity contribution in [3.8, 4) is 0 Å². The maximum absolute atomic E-state index is 12.1. The highest BCUT2D eigenvalue weighted by Crippen LogP contribution is 2.64. The summed E-state index contributed by atoms with van der Waals surface area (Å²) in [5.41, 5.74) is 0.405. The average Bonchev–Trinajstić information content (AvgIpc) is 2.91. The van der Waals surface area contributed by atoms with Crippen molar-refractivity contribution in [2.45, 2.75) is 85.0 Å². The van der Waals surface area contributed by atoms with Crippen molar-refractivity contribution in [2.75, 3.05) is 6.61 Å². The van der Waals surface area contributed by atoms with Crippen molar-refractivity contribution in [1.29, 1.82) is 0 Å². The summed E-state index contributed by atoms with van der Waals surface area (Å²) < 4.78 is 5.28. The predicted octanol–water partition coefficient (Wildman–Crippen LogP) is 5.84. The number of hydrogen-bond acceptors (Lipinski definition) is 2. The van der Waals surface area contributed by atoms with E-state index in [-0.39, 0.29) is 5.97 Å². The number of carbonyl (C=O) groups excluding carboxylic acids is 1. The number of esters is 1. The molecule has 0 spiro atoms. The zero-order valence-electron chi connectivity index (χ0n) is 16.6. The van der Waals surface area contributed by atoms with Gasteiger partial charge >= 0.3 is 5.97 Å². The molecule has 2 heteroatoms. The van der Waals surface area contributed by atoms with Crippen LogP contribution in [-0.4, -0.2) is 12.6 Å². The van der Waals surface area contributed by atoms with E-state index in [4.69, 9.17) is 4.74 Å². The Bertz CT molecular complexity index is 500. The Morgan fingerprint density at radius 3 is 2.60 bits per heavy atom. The van der Waals surface area contributed by atoms with Crippen LogP contribution in [0.15, 0.2) is 0 Å². The third-order valence-corrected chi connectivity index (χ3v) is 9.13. The van der Waals surface area contributed by atoms with Gasteiger partial charge in [0.15, 0.2) is 0 Å². The van der Waals surface area contributed by atoms with E-state index in [0.717, 1.165) is 35.5 Å². The zero-order chi connectivity index (χ0) is 17.6. The van der Waals surface area contributed by atoms with E-state index in [9.17, 15) is 4.79 Å². The monoisotopic (exact) mass is 346 g/mol. The molecule has 0 aromatic rings. The smallest absolute Gasteiger partial charge is 0.306 e. The maximum atomic E-state index is 12.1. The van der Waals surface area contributed by atoms with Gasteiger partial charge in [0.1, 0.15) is 0 Å². The minimum absolute atomic E-state index is 0.0430. The second-order valence-electron chi connectivity index (χ2n) is 10.2. The van der Waals surface area contributed by atoms with Gasteiger partial charge in [-0.15, -0.1) is 0 Å². The van der Waals surface area contributed by atoms with Crippen LogP contribution in [0.25, 0.3) is 0 Å². The SMILES string of the molecule is CCOC(=O)CC1CCC2C3CCC4CC(C)CCC4C3CCC12C. The molecule has 2 nitrogen and oxygen atoms in total. The molecule has 4 fully saturated rings. The van der Waals surface area contributed by atoms with Crippen LogP contribution >= 0.6 is 0 Å². The van der Waals surface area contributed by atoms with Crippen LogP contribution < -0.4 is 0 Å². The van der Waals surface area contributed by atoms with Crippen molar-refractivity contribution < 1.29 is 9.53 Å². The van der Waals surface area contributed by atoms with Gasteiger partial charge in [0.2, 0.25) is 0 Å². The predicted molar refractivity (Wildman–Crippen MR) is 101 cm³/mol. The first kappa shape index (κ1) is 17.9. The normalized spacial score (nSPS) is 49.0. The first-order valence-electron chi connectivity index (χ1n) is 11.2. The van der Waals surface area contributed by atoms with E-state index in [2.05, 4.69) is 13.8 Å². The Labute approximate surface area is 154 Å². The van der Waals surface area contributed by atoms with Crippen molar-refractivity contribution in [1.82, 2.24) is 0 Å². The Kier molecular flexibility index (Phi) is 4.92. The van der Waals surface area contributed by atoms with Crippen molar-refractivity contribution in [3.63, 3.8) is 0 Å². The second kappa shape index (κ2) is 6.89. The Balaban J connectivity index is 1.47. The molecule has 25 heavy (non-hydrogen) atoms. The fourth-order valence-electron chi connectivity index (χ4n) is 7.95. The number of hydrogen-bond donors (Lipinski definition) is 0. The third-order valence-electron chi connectivity index (χ3n) is 9.13. The Hall–Kier alpha value is -0.530. The molecule has 4 aliphatic rings. The van der Waals surface area contributed by atoms with Crippen LogP contribution in [0.4, 0.5) is 0 Å². The fourth-order valence-corrected chi connectivity index (χ4v) is 7.95. The first-order valence-corrected chi connectivity index (χ1v) is 11.2. The standard InChI is InChI=1S/C23H38O2/c1-4-25-22(24)14-17-7-10-21-20-9-6-16-13-15(2)5-8-18(16)19(20)11-12-23(17,21)3/h15-21H,4-14H2,1-3H3. The molecule has 0 radical (unpaired) electrons. The quantitative estimate of drug-likeness (QED) is 0.600. The summed E-state index contributed by atoms with van der Waals surface area (Å²) in [4.78, 5) is 12.1. The first-order chi connectivity index (χ1) is 12.0. The highest BCUT2D eigenvalue weighted by Gasteiger charge is 2.56. The van der Waals surface area contributed by atoms with Gasteiger partial charge in [-0.3, -0.25) is 4.79 Å². The maximum Gasteiger partial charge on any atom is 0.306 e. The van der Waals surface area contributed by atoms with E-state index in [1.54, 1.807) is 0 Å². The lowest BCUT2D eigenvalue weighted by Crippen LogP contribution is -2.48. The largest absolute Gasteiger partial charge is 0.466 e. The summed E-state index contributed by atoms with van der Waals surface area (Å²) in [5, 5.41) is 0. The fraction of sp³-hybridized carbons (Fsp3) is 0.957. The average molecular weight is 347 g/mol. The van der Waals surface area contributed by atoms with Gasteiger partial charge in [0, 0.05) is 6.42 Å². The molecular formula is C23H38O2. The van der Waals surface area contributed by atoms with Gasteiger partial charge in [-0.05, 0) is 105 Å². The van der Waals surface area contributed by atoms with E-state index >= 15 is 0 Å². The molecule has 142 valence electrons. The zero-order valence-corrected chi connectivity index (χ0v) is 16.6. The van der Waals surface area contributed by atoms with E-state index in [1.807, 2.05) is 6.92 Å². The molecule has 0 amide bonds. The molecule has 0 N–H and O–H groups in total. The van der Waals surface area contributed by atoms with Gasteiger partial charge in [-0.25, -0.2) is 0 Å². The molecule has 8 unspecified atom stereocenters. The molecule has 4 aliphatic carbocycles. The molecule has 8 atom stereocenters. The van der Waals surface area contributed by atoms with E-state index in [0.29, 0.717) is 24.4 Å². The number of fused-ring (bicyclic) bond motifs is 5. The van der Waals surface area contributed by atoms with E-state index in [1.165, 1.54) is 57.8 Å². The van der Waals surface area contributed by atoms with Crippen LogP contribution in [0.5, 0.6) is 0 Å². The van der Waals surface area contributed by atoms with Crippen LogP contribution in [0.1, 0.15) is 85.0 Å². The third kappa shape index (κ3) is 3.06. The van der Waals surface area contributed by atoms with Crippen LogP contribution in [0, 0.1) is 46.8 Å². The van der Waals surface area contributed by atoms with Crippen molar-refractivity contribution in [2.24, 2.45) is 46.8 Å². The molecule has 0 aromatic carbocycles. The lowest BCUT2D eigenvalue weighted by atomic mass is 9.49. The minimum Gasteiger partial charge on any atom is -0.466 e. The minimum atomic E-state index is 0.0430. The Morgan fingerprint density at radius 1 is 1.00 bits per heavy atom. The number of carbonyl (C=O) groups is 1. The molecule has 0 aromatic heterocycles. The summed E-state index contributed by atoms with van der Waals surface area (Å²) in [7, 11) is 0. The number of rotatable bonds is 3. The van der Waals surface area contributed by atoms with Gasteiger partial charge in [-0.1, -0.05) is 20.3 Å². The highest BCUT2D eigenvalue weighted by atomic mass is 16.5.